The normalized spacial score (nSPS) is 20.6. The highest BCUT2D eigenvalue weighted by atomic mass is 16.1. The zero-order chi connectivity index (χ0) is 20.1. The smallest absolute Gasteiger partial charge is 0.161 e. The molecule has 0 saturated heterocycles. The third-order valence-corrected chi connectivity index (χ3v) is 5.87. The highest BCUT2D eigenvalue weighted by Gasteiger charge is 2.42. The summed E-state index contributed by atoms with van der Waals surface area (Å²) in [7, 11) is 0. The van der Waals surface area contributed by atoms with E-state index in [0.717, 1.165) is 46.5 Å². The number of nitriles is 1. The van der Waals surface area contributed by atoms with Crippen LogP contribution in [0.3, 0.4) is 0 Å². The van der Waals surface area contributed by atoms with Crippen LogP contribution in [0, 0.1) is 18.3 Å². The number of carbonyl (C=O) groups excluding carboxylic acids is 1. The number of fused-ring (bicyclic) bond motifs is 4. The van der Waals surface area contributed by atoms with Gasteiger partial charge in [-0.15, -0.1) is 0 Å². The SMILES string of the molecule is Cc1cccc(C2C(C#N)=C3N=C(N)c4ccccc4N3C3=C2C(=O)CCC3)c1. The van der Waals surface area contributed by atoms with Crippen molar-refractivity contribution in [1.82, 2.24) is 0 Å². The van der Waals surface area contributed by atoms with E-state index in [0.29, 0.717) is 23.7 Å². The van der Waals surface area contributed by atoms with Crippen molar-refractivity contribution in [3.8, 4) is 6.07 Å². The van der Waals surface area contributed by atoms with Gasteiger partial charge in [-0.2, -0.15) is 5.26 Å². The van der Waals surface area contributed by atoms with Crippen LogP contribution in [0.15, 0.2) is 76.2 Å². The Hall–Kier alpha value is -3.65. The highest BCUT2D eigenvalue weighted by Crippen LogP contribution is 2.49. The number of nitrogens with two attached hydrogens (primary N) is 1. The lowest BCUT2D eigenvalue weighted by atomic mass is 9.75. The number of hydrogen-bond donors (Lipinski definition) is 1. The number of Topliss-reactive ketones (excluding diaryl/α,β-unsaturated/α-hetero) is 1. The zero-order valence-electron chi connectivity index (χ0n) is 16.1. The van der Waals surface area contributed by atoms with Gasteiger partial charge in [-0.1, -0.05) is 42.0 Å². The second-order valence-electron chi connectivity index (χ2n) is 7.68. The molecule has 2 aliphatic heterocycles. The van der Waals surface area contributed by atoms with Crippen LogP contribution in [-0.4, -0.2) is 11.6 Å². The number of benzene rings is 2. The minimum absolute atomic E-state index is 0.115. The first-order valence-electron chi connectivity index (χ1n) is 9.81. The Bertz CT molecular complexity index is 1200. The fraction of sp³-hybridized carbons (Fsp3) is 0.208. The summed E-state index contributed by atoms with van der Waals surface area (Å²) in [6.07, 6.45) is 2.08. The van der Waals surface area contributed by atoms with E-state index < -0.39 is 5.92 Å². The molecule has 5 nitrogen and oxygen atoms in total. The van der Waals surface area contributed by atoms with E-state index in [9.17, 15) is 10.1 Å². The second kappa shape index (κ2) is 6.46. The van der Waals surface area contributed by atoms with Gasteiger partial charge in [-0.05, 0) is 37.5 Å². The number of para-hydroxylation sites is 1. The summed E-state index contributed by atoms with van der Waals surface area (Å²) in [5.74, 6) is 0.651. The summed E-state index contributed by atoms with van der Waals surface area (Å²) < 4.78 is 0. The number of aliphatic imine (C=N–C) groups is 1. The van der Waals surface area contributed by atoms with Gasteiger partial charge < -0.3 is 5.73 Å². The van der Waals surface area contributed by atoms with Crippen LogP contribution < -0.4 is 10.6 Å². The van der Waals surface area contributed by atoms with E-state index >= 15 is 0 Å². The minimum Gasteiger partial charge on any atom is -0.383 e. The molecule has 1 aliphatic carbocycles. The molecule has 0 aromatic heterocycles. The van der Waals surface area contributed by atoms with Crippen LogP contribution in [0.5, 0.6) is 0 Å². The van der Waals surface area contributed by atoms with Gasteiger partial charge in [-0.3, -0.25) is 9.69 Å². The van der Waals surface area contributed by atoms with Crippen molar-refractivity contribution < 1.29 is 4.79 Å². The largest absolute Gasteiger partial charge is 0.383 e. The lowest BCUT2D eigenvalue weighted by Gasteiger charge is -2.41. The number of carbonyl (C=O) groups is 1. The first kappa shape index (κ1) is 17.4. The van der Waals surface area contributed by atoms with Gasteiger partial charge in [0.1, 0.15) is 5.84 Å². The lowest BCUT2D eigenvalue weighted by molar-refractivity contribution is -0.116. The molecule has 0 bridgehead atoms. The molecule has 5 rings (SSSR count). The molecule has 29 heavy (non-hydrogen) atoms. The van der Waals surface area contributed by atoms with E-state index in [4.69, 9.17) is 5.73 Å². The molecule has 1 atom stereocenters. The van der Waals surface area contributed by atoms with Gasteiger partial charge in [0.15, 0.2) is 11.6 Å². The van der Waals surface area contributed by atoms with Gasteiger partial charge in [0.25, 0.3) is 0 Å². The number of allylic oxidation sites excluding steroid dienone is 3. The summed E-state index contributed by atoms with van der Waals surface area (Å²) in [6, 6.07) is 18.2. The molecule has 0 fully saturated rings. The van der Waals surface area contributed by atoms with Gasteiger partial charge in [0.2, 0.25) is 0 Å². The average Bonchev–Trinajstić information content (AvgIpc) is 2.73. The quantitative estimate of drug-likeness (QED) is 0.809. The Balaban J connectivity index is 1.84. The molecule has 1 unspecified atom stereocenters. The second-order valence-corrected chi connectivity index (χ2v) is 7.68. The third kappa shape index (κ3) is 2.53. The molecule has 142 valence electrons. The lowest BCUT2D eigenvalue weighted by Crippen LogP contribution is -2.39. The molecule has 0 radical (unpaired) electrons. The van der Waals surface area contributed by atoms with E-state index in [2.05, 4.69) is 17.1 Å². The summed E-state index contributed by atoms with van der Waals surface area (Å²) in [5.41, 5.74) is 12.2. The van der Waals surface area contributed by atoms with Gasteiger partial charge in [0.05, 0.1) is 23.2 Å². The average molecular weight is 380 g/mol. The molecule has 2 aromatic rings. The van der Waals surface area contributed by atoms with Crippen LogP contribution >= 0.6 is 0 Å². The van der Waals surface area contributed by atoms with E-state index in [1.807, 2.05) is 54.3 Å². The fourth-order valence-corrected chi connectivity index (χ4v) is 4.66. The number of hydrogen-bond acceptors (Lipinski definition) is 5. The molecule has 5 heteroatoms. The summed E-state index contributed by atoms with van der Waals surface area (Å²) in [6.45, 7) is 2.02. The predicted molar refractivity (Wildman–Crippen MR) is 112 cm³/mol. The Morgan fingerprint density at radius 2 is 2.00 bits per heavy atom. The maximum absolute atomic E-state index is 13.1. The fourth-order valence-electron chi connectivity index (χ4n) is 4.66. The van der Waals surface area contributed by atoms with Crippen molar-refractivity contribution in [3.05, 3.63) is 87.9 Å². The van der Waals surface area contributed by atoms with Crippen LogP contribution in [0.1, 0.15) is 41.9 Å². The molecule has 0 spiro atoms. The number of rotatable bonds is 1. The first-order chi connectivity index (χ1) is 14.1. The molecular formula is C24H20N4O. The summed E-state index contributed by atoms with van der Waals surface area (Å²) >= 11 is 0. The van der Waals surface area contributed by atoms with Crippen LogP contribution in [-0.2, 0) is 4.79 Å². The Labute approximate surface area is 169 Å². The monoisotopic (exact) mass is 380 g/mol. The van der Waals surface area contributed by atoms with Crippen molar-refractivity contribution in [2.75, 3.05) is 4.90 Å². The molecule has 0 saturated carbocycles. The highest BCUT2D eigenvalue weighted by molar-refractivity contribution is 6.08. The zero-order valence-corrected chi connectivity index (χ0v) is 16.1. The number of aryl methyl sites for hydroxylation is 1. The number of amidine groups is 1. The van der Waals surface area contributed by atoms with Crippen molar-refractivity contribution >= 4 is 17.3 Å². The molecule has 0 amide bonds. The van der Waals surface area contributed by atoms with Gasteiger partial charge in [0, 0.05) is 23.3 Å². The standard InChI is InChI=1S/C24H20N4O/c1-14-6-4-7-15(12-14)21-17(13-25)24-27-23(26)16-8-2-3-9-18(16)28(24)19-10-5-11-20(29)22(19)21/h2-4,6-9,12,21H,5,10-11H2,1H3,(H2,26,27). The van der Waals surface area contributed by atoms with Crippen LogP contribution in [0.4, 0.5) is 5.69 Å². The predicted octanol–water partition coefficient (Wildman–Crippen LogP) is 4.06. The van der Waals surface area contributed by atoms with Gasteiger partial charge in [-0.25, -0.2) is 4.99 Å². The van der Waals surface area contributed by atoms with Crippen molar-refractivity contribution in [3.63, 3.8) is 0 Å². The Morgan fingerprint density at radius 1 is 1.17 bits per heavy atom. The molecule has 2 aromatic carbocycles. The van der Waals surface area contributed by atoms with E-state index in [1.165, 1.54) is 0 Å². The van der Waals surface area contributed by atoms with Crippen molar-refractivity contribution in [1.29, 1.82) is 5.26 Å². The van der Waals surface area contributed by atoms with Gasteiger partial charge >= 0.3 is 0 Å². The number of nitrogens with zero attached hydrogens (tertiary/aromatic N) is 3. The molecule has 3 aliphatic rings. The Kier molecular flexibility index (Phi) is 3.88. The topological polar surface area (TPSA) is 82.5 Å². The third-order valence-electron chi connectivity index (χ3n) is 5.87. The first-order valence-corrected chi connectivity index (χ1v) is 9.81. The minimum atomic E-state index is -0.407. The maximum atomic E-state index is 13.1. The van der Waals surface area contributed by atoms with Crippen LogP contribution in [0.2, 0.25) is 0 Å². The molecule has 2 heterocycles. The van der Waals surface area contributed by atoms with Crippen molar-refractivity contribution in [2.45, 2.75) is 32.1 Å². The van der Waals surface area contributed by atoms with Crippen molar-refractivity contribution in [2.24, 2.45) is 10.7 Å². The number of ketones is 1. The maximum Gasteiger partial charge on any atom is 0.161 e. The Morgan fingerprint density at radius 3 is 2.79 bits per heavy atom. The van der Waals surface area contributed by atoms with Crippen LogP contribution in [0.25, 0.3) is 0 Å². The molecule has 2 N–H and O–H groups in total. The van der Waals surface area contributed by atoms with E-state index in [1.54, 1.807) is 0 Å². The van der Waals surface area contributed by atoms with E-state index in [-0.39, 0.29) is 5.78 Å². The summed E-state index contributed by atoms with van der Waals surface area (Å²) in [4.78, 5) is 19.8. The molecular weight excluding hydrogens is 360 g/mol. The number of anilines is 1. The summed E-state index contributed by atoms with van der Waals surface area (Å²) in [5, 5.41) is 10.2.